The number of ether oxygens (including phenoxy) is 2. The predicted molar refractivity (Wildman–Crippen MR) is 124 cm³/mol. The van der Waals surface area contributed by atoms with E-state index in [1.54, 1.807) is 10.9 Å². The van der Waals surface area contributed by atoms with Gasteiger partial charge in [0.1, 0.15) is 23.9 Å². The van der Waals surface area contributed by atoms with Crippen LogP contribution in [0.4, 0.5) is 0 Å². The summed E-state index contributed by atoms with van der Waals surface area (Å²) in [6.45, 7) is 4.81. The minimum Gasteiger partial charge on any atom is -0.453 e. The third-order valence-electron chi connectivity index (χ3n) is 5.04. The van der Waals surface area contributed by atoms with Gasteiger partial charge in [-0.15, -0.1) is 4.58 Å². The Kier molecular flexibility index (Phi) is 6.38. The summed E-state index contributed by atoms with van der Waals surface area (Å²) in [7, 11) is 0. The van der Waals surface area contributed by atoms with Crippen molar-refractivity contribution in [2.24, 2.45) is 5.10 Å². The van der Waals surface area contributed by atoms with Crippen molar-refractivity contribution >= 4 is 18.6 Å². The summed E-state index contributed by atoms with van der Waals surface area (Å²) in [6.07, 6.45) is 7.65. The van der Waals surface area contributed by atoms with Gasteiger partial charge in [-0.25, -0.2) is 0 Å². The van der Waals surface area contributed by atoms with Gasteiger partial charge in [-0.2, -0.15) is 0 Å². The molecule has 2 aliphatic heterocycles. The number of fused-ring (bicyclic) bond motifs is 2. The smallest absolute Gasteiger partial charge is 0.453 e. The molecule has 0 radical (unpaired) electrons. The highest BCUT2D eigenvalue weighted by Gasteiger charge is 2.18. The van der Waals surface area contributed by atoms with Crippen molar-refractivity contribution in [3.63, 3.8) is 0 Å². The maximum absolute atomic E-state index is 8.65. The molecule has 3 aromatic carbocycles. The Morgan fingerprint density at radius 3 is 2.09 bits per heavy atom. The molecular formula is C26H24N4O2+2. The fourth-order valence-electron chi connectivity index (χ4n) is 3.42. The summed E-state index contributed by atoms with van der Waals surface area (Å²) in [4.78, 5) is 0. The number of para-hydroxylation sites is 2. The third-order valence-corrected chi connectivity index (χ3v) is 5.04. The largest absolute Gasteiger partial charge is 0.461 e. The highest BCUT2D eigenvalue weighted by molar-refractivity contribution is 5.83. The quantitative estimate of drug-likeness (QED) is 0.354. The van der Waals surface area contributed by atoms with Crippen molar-refractivity contribution in [3.8, 4) is 17.7 Å². The molecule has 0 N–H and O–H groups in total. The molecule has 0 spiro atoms. The molecule has 0 aliphatic carbocycles. The van der Waals surface area contributed by atoms with Gasteiger partial charge in [0.15, 0.2) is 5.26 Å². The van der Waals surface area contributed by atoms with Crippen molar-refractivity contribution in [2.75, 3.05) is 13.5 Å². The molecule has 0 saturated carbocycles. The van der Waals surface area contributed by atoms with Crippen LogP contribution in [0, 0.1) is 25.3 Å². The van der Waals surface area contributed by atoms with E-state index in [1.165, 1.54) is 4.58 Å². The Morgan fingerprint density at radius 1 is 0.812 bits per heavy atom. The predicted octanol–water partition coefficient (Wildman–Crippen LogP) is 4.07. The average molecular weight is 425 g/mol. The second-order valence-electron chi connectivity index (χ2n) is 7.46. The zero-order valence-corrected chi connectivity index (χ0v) is 18.1. The lowest BCUT2D eigenvalue weighted by molar-refractivity contribution is -0.560. The number of nitriles is 1. The van der Waals surface area contributed by atoms with Gasteiger partial charge >= 0.3 is 12.9 Å². The van der Waals surface area contributed by atoms with Crippen molar-refractivity contribution in [3.05, 3.63) is 94.5 Å². The molecule has 0 bridgehead atoms. The molecule has 6 heteroatoms. The number of nitrogens with zero attached hydrogens (tertiary/aromatic N) is 4. The van der Waals surface area contributed by atoms with Crippen LogP contribution in [-0.2, 0) is 0 Å². The number of hydrazone groups is 1. The van der Waals surface area contributed by atoms with Gasteiger partial charge in [0.2, 0.25) is 12.9 Å². The Labute approximate surface area is 187 Å². The second kappa shape index (κ2) is 9.71. The lowest BCUT2D eigenvalue weighted by Gasteiger charge is -2.13. The minimum absolute atomic E-state index is 0.314. The van der Waals surface area contributed by atoms with E-state index in [0.717, 1.165) is 39.3 Å². The molecule has 0 atom stereocenters. The zero-order valence-electron chi connectivity index (χ0n) is 18.1. The standard InChI is InChI=1S/C16H15N2O.C10H9N2O/c1-13-6-5-9-15-11-18(12-19-16(13)15)17-10-14-7-3-2-4-8-14;1-8-3-2-4-9-5-12(6-11)7-13-10(8)9/h2-11H,12H2,1H3;2-5H,7H2,1H3/q2*+1. The Hall–Kier alpha value is -4.24. The highest BCUT2D eigenvalue weighted by Crippen LogP contribution is 2.24. The molecule has 3 aromatic rings. The molecule has 2 heterocycles. The molecule has 0 saturated heterocycles. The van der Waals surface area contributed by atoms with Gasteiger partial charge in [-0.1, -0.05) is 59.3 Å². The maximum atomic E-state index is 8.65. The molecule has 0 unspecified atom stereocenters. The Morgan fingerprint density at radius 2 is 1.44 bits per heavy atom. The van der Waals surface area contributed by atoms with Crippen LogP contribution >= 0.6 is 0 Å². The normalized spacial score (nSPS) is 13.8. The minimum atomic E-state index is 0.314. The van der Waals surface area contributed by atoms with Crippen LogP contribution in [0.2, 0.25) is 0 Å². The summed E-state index contributed by atoms with van der Waals surface area (Å²) < 4.78 is 14.4. The molecule has 0 fully saturated rings. The number of aryl methyl sites for hydroxylation is 2. The van der Waals surface area contributed by atoms with E-state index in [1.807, 2.05) is 86.2 Å². The SMILES string of the molecule is Cc1cccc2c1OC[N+](C#N)=C2.Cc1cccc2c1OC[N+](N=Cc1ccccc1)=C2. The van der Waals surface area contributed by atoms with Crippen molar-refractivity contribution < 1.29 is 18.7 Å². The number of hydrogen-bond donors (Lipinski definition) is 0. The van der Waals surface area contributed by atoms with Gasteiger partial charge in [-0.05, 0) is 47.8 Å². The number of rotatable bonds is 2. The third kappa shape index (κ3) is 4.90. The average Bonchev–Trinajstić information content (AvgIpc) is 2.84. The van der Waals surface area contributed by atoms with Crippen LogP contribution in [0.15, 0.2) is 71.8 Å². The van der Waals surface area contributed by atoms with E-state index < -0.39 is 0 Å². The summed E-state index contributed by atoms with van der Waals surface area (Å²) in [5.74, 6) is 1.84. The van der Waals surface area contributed by atoms with Crippen LogP contribution in [0.25, 0.3) is 0 Å². The van der Waals surface area contributed by atoms with E-state index in [-0.39, 0.29) is 0 Å². The van der Waals surface area contributed by atoms with E-state index in [4.69, 9.17) is 14.7 Å². The molecule has 0 aromatic heterocycles. The molecule has 6 nitrogen and oxygen atoms in total. The fourth-order valence-corrected chi connectivity index (χ4v) is 3.42. The van der Waals surface area contributed by atoms with E-state index in [2.05, 4.69) is 18.1 Å². The summed E-state index contributed by atoms with van der Waals surface area (Å²) in [6, 6.07) is 22.0. The topological polar surface area (TPSA) is 60.6 Å². The zero-order chi connectivity index (χ0) is 22.3. The lowest BCUT2D eigenvalue weighted by Crippen LogP contribution is -2.20. The molecule has 5 rings (SSSR count). The van der Waals surface area contributed by atoms with Crippen LogP contribution in [0.5, 0.6) is 11.5 Å². The van der Waals surface area contributed by atoms with Crippen molar-refractivity contribution in [1.29, 1.82) is 5.26 Å². The molecular weight excluding hydrogens is 400 g/mol. The molecule has 0 amide bonds. The first-order valence-electron chi connectivity index (χ1n) is 10.3. The molecule has 158 valence electrons. The van der Waals surface area contributed by atoms with Gasteiger partial charge < -0.3 is 9.47 Å². The summed E-state index contributed by atoms with van der Waals surface area (Å²) in [5, 5.41) is 13.1. The monoisotopic (exact) mass is 424 g/mol. The first-order chi connectivity index (χ1) is 15.6. The number of benzene rings is 3. The van der Waals surface area contributed by atoms with Crippen molar-refractivity contribution in [1.82, 2.24) is 0 Å². The Bertz CT molecular complexity index is 1250. The van der Waals surface area contributed by atoms with E-state index in [0.29, 0.717) is 13.5 Å². The Balaban J connectivity index is 0.000000165. The van der Waals surface area contributed by atoms with Crippen LogP contribution in [0.1, 0.15) is 27.8 Å². The van der Waals surface area contributed by atoms with Crippen molar-refractivity contribution in [2.45, 2.75) is 13.8 Å². The summed E-state index contributed by atoms with van der Waals surface area (Å²) >= 11 is 0. The second-order valence-corrected chi connectivity index (χ2v) is 7.46. The maximum Gasteiger partial charge on any atom is 0.461 e. The van der Waals surface area contributed by atoms with E-state index in [9.17, 15) is 0 Å². The van der Waals surface area contributed by atoms with Crippen LogP contribution in [0.3, 0.4) is 0 Å². The number of hydrogen-bond acceptors (Lipinski definition) is 4. The van der Waals surface area contributed by atoms with Crippen LogP contribution < -0.4 is 9.47 Å². The molecule has 2 aliphatic rings. The van der Waals surface area contributed by atoms with Gasteiger partial charge in [0, 0.05) is 0 Å². The van der Waals surface area contributed by atoms with Gasteiger partial charge in [0.25, 0.3) is 0 Å². The highest BCUT2D eigenvalue weighted by atomic mass is 16.5. The summed E-state index contributed by atoms with van der Waals surface area (Å²) in [5.41, 5.74) is 5.36. The first kappa shape index (κ1) is 21.0. The molecule has 32 heavy (non-hydrogen) atoms. The fraction of sp³-hybridized carbons (Fsp3) is 0.154. The lowest BCUT2D eigenvalue weighted by atomic mass is 10.1. The van der Waals surface area contributed by atoms with Gasteiger partial charge in [0.05, 0.1) is 11.1 Å². The first-order valence-corrected chi connectivity index (χ1v) is 10.3. The van der Waals surface area contributed by atoms with Gasteiger partial charge in [-0.3, -0.25) is 0 Å². The van der Waals surface area contributed by atoms with Crippen LogP contribution in [-0.4, -0.2) is 41.4 Å². The van der Waals surface area contributed by atoms with E-state index >= 15 is 0 Å².